The standard InChI is InChI=1S/C18H13ClN4/c1-12-22-15-7-2-3-8-17(15)23(12)18-10-16(20-11-21-18)13-5-4-6-14(19)9-13/h2-11H,1H3. The Balaban J connectivity index is 1.90. The molecule has 0 bridgehead atoms. The van der Waals surface area contributed by atoms with Crippen molar-refractivity contribution in [1.29, 1.82) is 0 Å². The molecule has 0 amide bonds. The predicted octanol–water partition coefficient (Wildman–Crippen LogP) is 4.44. The number of aryl methyl sites for hydroxylation is 1. The molecule has 0 fully saturated rings. The average Bonchev–Trinajstić information content (AvgIpc) is 2.91. The number of halogens is 1. The van der Waals surface area contributed by atoms with E-state index >= 15 is 0 Å². The van der Waals surface area contributed by atoms with E-state index in [1.807, 2.05) is 66.1 Å². The highest BCUT2D eigenvalue weighted by molar-refractivity contribution is 6.30. The van der Waals surface area contributed by atoms with Crippen molar-refractivity contribution in [1.82, 2.24) is 19.5 Å². The first kappa shape index (κ1) is 13.9. The van der Waals surface area contributed by atoms with Crippen LogP contribution in [0.1, 0.15) is 5.82 Å². The predicted molar refractivity (Wildman–Crippen MR) is 91.8 cm³/mol. The van der Waals surface area contributed by atoms with Crippen LogP contribution in [-0.4, -0.2) is 19.5 Å². The van der Waals surface area contributed by atoms with Crippen molar-refractivity contribution in [2.24, 2.45) is 0 Å². The molecule has 0 unspecified atom stereocenters. The fourth-order valence-electron chi connectivity index (χ4n) is 2.71. The zero-order valence-electron chi connectivity index (χ0n) is 12.4. The fourth-order valence-corrected chi connectivity index (χ4v) is 2.90. The molecule has 2 aromatic heterocycles. The van der Waals surface area contributed by atoms with Gasteiger partial charge in [0, 0.05) is 16.7 Å². The molecule has 2 heterocycles. The number of benzene rings is 2. The summed E-state index contributed by atoms with van der Waals surface area (Å²) >= 11 is 6.08. The van der Waals surface area contributed by atoms with Gasteiger partial charge in [-0.15, -0.1) is 0 Å². The second kappa shape index (κ2) is 5.48. The van der Waals surface area contributed by atoms with Crippen molar-refractivity contribution in [3.63, 3.8) is 0 Å². The maximum Gasteiger partial charge on any atom is 0.142 e. The topological polar surface area (TPSA) is 43.6 Å². The lowest BCUT2D eigenvalue weighted by Gasteiger charge is -2.08. The number of para-hydroxylation sites is 2. The van der Waals surface area contributed by atoms with Gasteiger partial charge in [-0.1, -0.05) is 35.9 Å². The molecule has 112 valence electrons. The molecule has 0 radical (unpaired) electrons. The second-order valence-electron chi connectivity index (χ2n) is 5.25. The Hall–Kier alpha value is -2.72. The van der Waals surface area contributed by atoms with Crippen molar-refractivity contribution in [3.8, 4) is 17.1 Å². The molecular weight excluding hydrogens is 308 g/mol. The number of hydrogen-bond donors (Lipinski definition) is 0. The number of fused-ring (bicyclic) bond motifs is 1. The molecule has 0 aliphatic rings. The highest BCUT2D eigenvalue weighted by Crippen LogP contribution is 2.24. The van der Waals surface area contributed by atoms with E-state index in [2.05, 4.69) is 15.0 Å². The molecule has 4 rings (SSSR count). The Bertz CT molecular complexity index is 1010. The summed E-state index contributed by atoms with van der Waals surface area (Å²) in [6.45, 7) is 1.97. The maximum atomic E-state index is 6.08. The van der Waals surface area contributed by atoms with Gasteiger partial charge in [-0.2, -0.15) is 0 Å². The van der Waals surface area contributed by atoms with Crippen molar-refractivity contribution in [2.45, 2.75) is 6.92 Å². The van der Waals surface area contributed by atoms with Crippen LogP contribution in [0.15, 0.2) is 60.9 Å². The molecule has 0 spiro atoms. The monoisotopic (exact) mass is 320 g/mol. The first-order valence-electron chi connectivity index (χ1n) is 7.25. The molecule has 0 saturated heterocycles. The lowest BCUT2D eigenvalue weighted by atomic mass is 10.1. The van der Waals surface area contributed by atoms with Crippen LogP contribution in [0, 0.1) is 6.92 Å². The number of aromatic nitrogens is 4. The number of rotatable bonds is 2. The first-order valence-corrected chi connectivity index (χ1v) is 7.62. The quantitative estimate of drug-likeness (QED) is 0.548. The van der Waals surface area contributed by atoms with E-state index in [9.17, 15) is 0 Å². The normalized spacial score (nSPS) is 11.0. The van der Waals surface area contributed by atoms with Gasteiger partial charge in [-0.05, 0) is 31.2 Å². The van der Waals surface area contributed by atoms with Crippen molar-refractivity contribution < 1.29 is 0 Å². The summed E-state index contributed by atoms with van der Waals surface area (Å²) in [5, 5.41) is 0.687. The van der Waals surface area contributed by atoms with Gasteiger partial charge in [0.2, 0.25) is 0 Å². The molecule has 0 N–H and O–H groups in total. The van der Waals surface area contributed by atoms with Gasteiger partial charge in [-0.25, -0.2) is 15.0 Å². The lowest BCUT2D eigenvalue weighted by Crippen LogP contribution is -2.01. The zero-order chi connectivity index (χ0) is 15.8. The first-order chi connectivity index (χ1) is 11.2. The Morgan fingerprint density at radius 1 is 0.957 bits per heavy atom. The van der Waals surface area contributed by atoms with Gasteiger partial charge in [0.15, 0.2) is 0 Å². The van der Waals surface area contributed by atoms with E-state index < -0.39 is 0 Å². The SMILES string of the molecule is Cc1nc2ccccc2n1-c1cc(-c2cccc(Cl)c2)ncn1. The minimum absolute atomic E-state index is 0.687. The van der Waals surface area contributed by atoms with Crippen LogP contribution < -0.4 is 0 Å². The molecule has 0 saturated carbocycles. The molecule has 0 aliphatic heterocycles. The third kappa shape index (κ3) is 2.47. The highest BCUT2D eigenvalue weighted by atomic mass is 35.5. The molecule has 0 aliphatic carbocycles. The van der Waals surface area contributed by atoms with Gasteiger partial charge in [-0.3, -0.25) is 4.57 Å². The summed E-state index contributed by atoms with van der Waals surface area (Å²) in [5.74, 6) is 1.68. The minimum Gasteiger partial charge on any atom is -0.280 e. The van der Waals surface area contributed by atoms with Gasteiger partial charge >= 0.3 is 0 Å². The van der Waals surface area contributed by atoms with E-state index in [4.69, 9.17) is 11.6 Å². The number of imidazole rings is 1. The second-order valence-corrected chi connectivity index (χ2v) is 5.69. The molecule has 4 nitrogen and oxygen atoms in total. The van der Waals surface area contributed by atoms with Gasteiger partial charge in [0.25, 0.3) is 0 Å². The van der Waals surface area contributed by atoms with E-state index in [1.165, 1.54) is 0 Å². The summed E-state index contributed by atoms with van der Waals surface area (Å²) < 4.78 is 2.03. The third-order valence-electron chi connectivity index (χ3n) is 3.73. The largest absolute Gasteiger partial charge is 0.280 e. The minimum atomic E-state index is 0.687. The van der Waals surface area contributed by atoms with Crippen LogP contribution >= 0.6 is 11.6 Å². The smallest absolute Gasteiger partial charge is 0.142 e. The van der Waals surface area contributed by atoms with Crippen LogP contribution in [0.4, 0.5) is 0 Å². The lowest BCUT2D eigenvalue weighted by molar-refractivity contribution is 0.943. The van der Waals surface area contributed by atoms with Crippen LogP contribution in [0.25, 0.3) is 28.1 Å². The van der Waals surface area contributed by atoms with Gasteiger partial charge in [0.05, 0.1) is 16.7 Å². The van der Waals surface area contributed by atoms with Crippen LogP contribution in [0.5, 0.6) is 0 Å². The Morgan fingerprint density at radius 2 is 1.83 bits per heavy atom. The molecular formula is C18H13ClN4. The summed E-state index contributed by atoms with van der Waals surface area (Å²) in [6.07, 6.45) is 1.57. The van der Waals surface area contributed by atoms with E-state index in [0.29, 0.717) is 5.02 Å². The van der Waals surface area contributed by atoms with Gasteiger partial charge in [0.1, 0.15) is 18.0 Å². The summed E-state index contributed by atoms with van der Waals surface area (Å²) in [4.78, 5) is 13.4. The van der Waals surface area contributed by atoms with E-state index in [1.54, 1.807) is 6.33 Å². The molecule has 23 heavy (non-hydrogen) atoms. The van der Waals surface area contributed by atoms with Gasteiger partial charge < -0.3 is 0 Å². The Kier molecular flexibility index (Phi) is 3.32. The van der Waals surface area contributed by atoms with E-state index in [0.717, 1.165) is 33.9 Å². The van der Waals surface area contributed by atoms with Crippen LogP contribution in [0.2, 0.25) is 5.02 Å². The summed E-state index contributed by atoms with van der Waals surface area (Å²) in [6, 6.07) is 17.6. The van der Waals surface area contributed by atoms with Crippen LogP contribution in [-0.2, 0) is 0 Å². The van der Waals surface area contributed by atoms with Crippen molar-refractivity contribution in [3.05, 3.63) is 71.8 Å². The number of hydrogen-bond acceptors (Lipinski definition) is 3. The molecule has 5 heteroatoms. The van der Waals surface area contributed by atoms with Crippen LogP contribution in [0.3, 0.4) is 0 Å². The summed E-state index contributed by atoms with van der Waals surface area (Å²) in [5.41, 5.74) is 3.77. The maximum absolute atomic E-state index is 6.08. The highest BCUT2D eigenvalue weighted by Gasteiger charge is 2.11. The van der Waals surface area contributed by atoms with Crippen molar-refractivity contribution >= 4 is 22.6 Å². The zero-order valence-corrected chi connectivity index (χ0v) is 13.2. The summed E-state index contributed by atoms with van der Waals surface area (Å²) in [7, 11) is 0. The Labute approximate surface area is 138 Å². The Morgan fingerprint density at radius 3 is 2.70 bits per heavy atom. The van der Waals surface area contributed by atoms with Crippen molar-refractivity contribution in [2.75, 3.05) is 0 Å². The van der Waals surface area contributed by atoms with E-state index in [-0.39, 0.29) is 0 Å². The third-order valence-corrected chi connectivity index (χ3v) is 3.97. The molecule has 0 atom stereocenters. The molecule has 2 aromatic carbocycles. The number of nitrogens with zero attached hydrogens (tertiary/aromatic N) is 4. The fraction of sp³-hybridized carbons (Fsp3) is 0.0556. The average molecular weight is 321 g/mol. The molecule has 4 aromatic rings.